The number of phenols is 1. The topological polar surface area (TPSA) is 72.8 Å². The highest BCUT2D eigenvalue weighted by atomic mass is 35.5. The average Bonchev–Trinajstić information content (AvgIpc) is 2.35. The second kappa shape index (κ2) is 2.43. The van der Waals surface area contributed by atoms with Crippen LogP contribution in [0.15, 0.2) is 12.1 Å². The quantitative estimate of drug-likeness (QED) is 0.711. The highest BCUT2D eigenvalue weighted by Gasteiger charge is 2.33. The molecule has 5 nitrogen and oxygen atoms in total. The van der Waals surface area contributed by atoms with E-state index in [-0.39, 0.29) is 22.3 Å². The van der Waals surface area contributed by atoms with Gasteiger partial charge in [-0.15, -0.1) is 8.42 Å². The Hall–Kier alpha value is -1.14. The van der Waals surface area contributed by atoms with Crippen LogP contribution in [0.25, 0.3) is 0 Å². The van der Waals surface area contributed by atoms with Crippen LogP contribution < -0.4 is 8.37 Å². The Bertz CT molecular complexity index is 429. The smallest absolute Gasteiger partial charge is 0.501 e. The minimum atomic E-state index is -4.09. The molecule has 0 spiro atoms. The van der Waals surface area contributed by atoms with E-state index < -0.39 is 10.4 Å². The third-order valence-electron chi connectivity index (χ3n) is 1.41. The van der Waals surface area contributed by atoms with Crippen LogP contribution in [-0.2, 0) is 10.4 Å². The van der Waals surface area contributed by atoms with Gasteiger partial charge in [-0.1, -0.05) is 11.6 Å². The molecule has 1 aromatic carbocycles. The minimum Gasteiger partial charge on any atom is -0.504 e. The predicted octanol–water partition coefficient (Wildman–Crippen LogP) is 1.06. The van der Waals surface area contributed by atoms with Crippen molar-refractivity contribution in [1.29, 1.82) is 0 Å². The maximum atomic E-state index is 10.8. The molecule has 1 aliphatic rings. The van der Waals surface area contributed by atoms with Gasteiger partial charge in [0.2, 0.25) is 11.5 Å². The lowest BCUT2D eigenvalue weighted by molar-refractivity contribution is 0.419. The molecular weight excluding hydrogens is 220 g/mol. The summed E-state index contributed by atoms with van der Waals surface area (Å²) < 4.78 is 30.2. The number of hydrogen-bond donors (Lipinski definition) is 1. The Morgan fingerprint density at radius 3 is 2.46 bits per heavy atom. The molecule has 7 heteroatoms. The van der Waals surface area contributed by atoms with Crippen molar-refractivity contribution in [3.05, 3.63) is 17.2 Å². The number of phenolic OH excluding ortho intramolecular Hbond substituents is 1. The SMILES string of the molecule is O=S1(=O)Oc2c(O)ccc(Cl)c2O1. The van der Waals surface area contributed by atoms with Gasteiger partial charge in [0.05, 0.1) is 5.02 Å². The van der Waals surface area contributed by atoms with Gasteiger partial charge in [0.25, 0.3) is 0 Å². The van der Waals surface area contributed by atoms with Gasteiger partial charge >= 0.3 is 10.4 Å². The summed E-state index contributed by atoms with van der Waals surface area (Å²) in [5.41, 5.74) is 0. The second-order valence-corrected chi connectivity index (χ2v) is 3.86. The average molecular weight is 223 g/mol. The molecule has 0 saturated carbocycles. The number of fused-ring (bicyclic) bond motifs is 1. The summed E-state index contributed by atoms with van der Waals surface area (Å²) in [6, 6.07) is 2.52. The molecule has 0 unspecified atom stereocenters. The summed E-state index contributed by atoms with van der Waals surface area (Å²) in [5.74, 6) is -0.783. The lowest BCUT2D eigenvalue weighted by atomic mass is 10.3. The minimum absolute atomic E-state index is 0.0638. The lowest BCUT2D eigenvalue weighted by Gasteiger charge is -1.96. The van der Waals surface area contributed by atoms with Crippen molar-refractivity contribution in [3.8, 4) is 17.2 Å². The summed E-state index contributed by atoms with van der Waals surface area (Å²) in [5, 5.41) is 9.22. The zero-order valence-corrected chi connectivity index (χ0v) is 7.59. The number of rotatable bonds is 0. The van der Waals surface area contributed by atoms with Crippen molar-refractivity contribution >= 4 is 22.0 Å². The monoisotopic (exact) mass is 222 g/mol. The van der Waals surface area contributed by atoms with E-state index in [1.807, 2.05) is 0 Å². The Morgan fingerprint density at radius 2 is 1.85 bits per heavy atom. The molecule has 1 aromatic rings. The van der Waals surface area contributed by atoms with E-state index in [4.69, 9.17) is 16.7 Å². The maximum absolute atomic E-state index is 10.8. The Kier molecular flexibility index (Phi) is 1.58. The molecule has 0 aliphatic carbocycles. The van der Waals surface area contributed by atoms with Crippen molar-refractivity contribution < 1.29 is 21.9 Å². The maximum Gasteiger partial charge on any atom is 0.501 e. The third kappa shape index (κ3) is 1.27. The van der Waals surface area contributed by atoms with E-state index in [0.717, 1.165) is 0 Å². The summed E-state index contributed by atoms with van der Waals surface area (Å²) in [6.45, 7) is 0. The number of aromatic hydroxyl groups is 1. The molecule has 1 N–H and O–H groups in total. The van der Waals surface area contributed by atoms with E-state index >= 15 is 0 Å². The van der Waals surface area contributed by atoms with E-state index in [1.54, 1.807) is 0 Å². The predicted molar refractivity (Wildman–Crippen MR) is 43.3 cm³/mol. The van der Waals surface area contributed by atoms with Gasteiger partial charge in [-0.2, -0.15) is 0 Å². The van der Waals surface area contributed by atoms with Crippen molar-refractivity contribution in [3.63, 3.8) is 0 Å². The van der Waals surface area contributed by atoms with Gasteiger partial charge < -0.3 is 13.5 Å². The highest BCUT2D eigenvalue weighted by molar-refractivity contribution is 7.82. The zero-order valence-electron chi connectivity index (χ0n) is 6.02. The number of hydrogen-bond acceptors (Lipinski definition) is 5. The molecule has 2 rings (SSSR count). The molecule has 0 saturated heterocycles. The lowest BCUT2D eigenvalue weighted by Crippen LogP contribution is -2.08. The summed E-state index contributed by atoms with van der Waals surface area (Å²) in [4.78, 5) is 0. The Balaban J connectivity index is 2.69. The van der Waals surface area contributed by atoms with Gasteiger partial charge in [-0.3, -0.25) is 0 Å². The van der Waals surface area contributed by atoms with Gasteiger partial charge in [0.15, 0.2) is 5.75 Å². The third-order valence-corrected chi connectivity index (χ3v) is 2.45. The molecule has 1 heterocycles. The van der Waals surface area contributed by atoms with Crippen LogP contribution in [0.2, 0.25) is 5.02 Å². The summed E-state index contributed by atoms with van der Waals surface area (Å²) in [6.07, 6.45) is 0. The number of benzene rings is 1. The number of halogens is 1. The summed E-state index contributed by atoms with van der Waals surface area (Å²) >= 11 is 5.59. The molecule has 70 valence electrons. The molecule has 0 amide bonds. The first kappa shape index (κ1) is 8.46. The van der Waals surface area contributed by atoms with Gasteiger partial charge in [0.1, 0.15) is 0 Å². The van der Waals surface area contributed by atoms with Crippen molar-refractivity contribution in [2.24, 2.45) is 0 Å². The van der Waals surface area contributed by atoms with Crippen molar-refractivity contribution in [2.45, 2.75) is 0 Å². The first-order valence-corrected chi connectivity index (χ1v) is 4.86. The van der Waals surface area contributed by atoms with Crippen LogP contribution in [-0.4, -0.2) is 13.5 Å². The van der Waals surface area contributed by atoms with E-state index in [2.05, 4.69) is 8.37 Å². The Labute approximate surface area is 78.8 Å². The molecule has 0 atom stereocenters. The summed E-state index contributed by atoms with van der Waals surface area (Å²) in [7, 11) is -4.09. The normalized spacial score (nSPS) is 17.3. The van der Waals surface area contributed by atoms with Crippen LogP contribution in [0, 0.1) is 0 Å². The van der Waals surface area contributed by atoms with Crippen LogP contribution >= 0.6 is 11.6 Å². The van der Waals surface area contributed by atoms with Crippen LogP contribution in [0.5, 0.6) is 17.2 Å². The zero-order chi connectivity index (χ0) is 9.64. The molecular formula is C6H3ClO5S. The molecule has 0 aromatic heterocycles. The van der Waals surface area contributed by atoms with Crippen molar-refractivity contribution in [1.82, 2.24) is 0 Å². The van der Waals surface area contributed by atoms with Gasteiger partial charge in [-0.25, -0.2) is 0 Å². The van der Waals surface area contributed by atoms with E-state index in [0.29, 0.717) is 0 Å². The van der Waals surface area contributed by atoms with E-state index in [1.165, 1.54) is 12.1 Å². The second-order valence-electron chi connectivity index (χ2n) is 2.30. The Morgan fingerprint density at radius 1 is 1.23 bits per heavy atom. The highest BCUT2D eigenvalue weighted by Crippen LogP contribution is 2.47. The standard InChI is InChI=1S/C6H3ClO5S/c7-3-1-2-4(8)6-5(3)11-13(9,10)12-6/h1-2,8H. The fourth-order valence-electron chi connectivity index (χ4n) is 0.908. The molecule has 0 fully saturated rings. The first-order chi connectivity index (χ1) is 5.99. The molecule has 0 radical (unpaired) electrons. The van der Waals surface area contributed by atoms with Gasteiger partial charge in [-0.05, 0) is 12.1 Å². The molecule has 1 aliphatic heterocycles. The van der Waals surface area contributed by atoms with E-state index in [9.17, 15) is 8.42 Å². The van der Waals surface area contributed by atoms with Crippen LogP contribution in [0.3, 0.4) is 0 Å². The van der Waals surface area contributed by atoms with Crippen molar-refractivity contribution in [2.75, 3.05) is 0 Å². The largest absolute Gasteiger partial charge is 0.504 e. The molecule has 13 heavy (non-hydrogen) atoms. The van der Waals surface area contributed by atoms with Gasteiger partial charge in [0, 0.05) is 0 Å². The fraction of sp³-hybridized carbons (Fsp3) is 0. The van der Waals surface area contributed by atoms with Crippen LogP contribution in [0.1, 0.15) is 0 Å². The first-order valence-electron chi connectivity index (χ1n) is 3.15. The molecule has 0 bridgehead atoms. The fourth-order valence-corrected chi connectivity index (χ4v) is 1.91. The van der Waals surface area contributed by atoms with Crippen LogP contribution in [0.4, 0.5) is 0 Å².